The average molecular weight is 316 g/mol. The molecule has 2 aliphatic heterocycles. The monoisotopic (exact) mass is 316 g/mol. The Kier molecular flexibility index (Phi) is 3.58. The van der Waals surface area contributed by atoms with Gasteiger partial charge < -0.3 is 19.7 Å². The fourth-order valence-electron chi connectivity index (χ4n) is 2.85. The lowest BCUT2D eigenvalue weighted by Crippen LogP contribution is -2.24. The summed E-state index contributed by atoms with van der Waals surface area (Å²) < 4.78 is 11.7. The molecule has 2 aromatic rings. The molecule has 2 aromatic carbocycles. The van der Waals surface area contributed by atoms with Crippen LogP contribution >= 0.6 is 11.8 Å². The highest BCUT2D eigenvalue weighted by Crippen LogP contribution is 2.48. The number of hydrogen-bond donors (Lipinski definition) is 2. The van der Waals surface area contributed by atoms with Crippen LogP contribution in [0, 0.1) is 0 Å². The van der Waals surface area contributed by atoms with Gasteiger partial charge in [-0.2, -0.15) is 0 Å². The van der Waals surface area contributed by atoms with Crippen LogP contribution in [0.15, 0.2) is 52.3 Å². The number of rotatable bonds is 2. The second kappa shape index (κ2) is 5.59. The molecular formula is C17H16O4S. The summed E-state index contributed by atoms with van der Waals surface area (Å²) in [5, 5.41) is 19.1. The predicted molar refractivity (Wildman–Crippen MR) is 82.4 cm³/mol. The summed E-state index contributed by atoms with van der Waals surface area (Å²) in [4.78, 5) is 2.18. The molecule has 0 amide bonds. The first-order valence-corrected chi connectivity index (χ1v) is 8.09. The van der Waals surface area contributed by atoms with Crippen LogP contribution in [-0.2, 0) is 4.74 Å². The SMILES string of the molecule is OC[C@H]1O[C@H](c2ccc3c(c2)Oc2ccccc2S3)CC1O. The molecule has 2 N–H and O–H groups in total. The van der Waals surface area contributed by atoms with Gasteiger partial charge >= 0.3 is 0 Å². The Bertz CT molecular complexity index is 703. The molecule has 22 heavy (non-hydrogen) atoms. The van der Waals surface area contributed by atoms with E-state index in [0.29, 0.717) is 6.42 Å². The van der Waals surface area contributed by atoms with Crippen LogP contribution in [0.2, 0.25) is 0 Å². The van der Waals surface area contributed by atoms with Crippen molar-refractivity contribution in [2.45, 2.75) is 34.5 Å². The summed E-state index contributed by atoms with van der Waals surface area (Å²) in [5.74, 6) is 1.67. The van der Waals surface area contributed by atoms with Gasteiger partial charge in [-0.25, -0.2) is 0 Å². The molecule has 1 fully saturated rings. The van der Waals surface area contributed by atoms with E-state index in [4.69, 9.17) is 9.47 Å². The third-order valence-electron chi connectivity index (χ3n) is 4.03. The Hall–Kier alpha value is -1.53. The van der Waals surface area contributed by atoms with Crippen molar-refractivity contribution in [3.63, 3.8) is 0 Å². The number of ether oxygens (including phenoxy) is 2. The molecule has 5 heteroatoms. The van der Waals surface area contributed by atoms with Gasteiger partial charge in [0.15, 0.2) is 0 Å². The first-order chi connectivity index (χ1) is 10.7. The molecule has 2 heterocycles. The van der Waals surface area contributed by atoms with E-state index in [1.165, 1.54) is 0 Å². The van der Waals surface area contributed by atoms with E-state index in [2.05, 4.69) is 0 Å². The molecule has 1 saturated heterocycles. The molecule has 114 valence electrons. The number of benzene rings is 2. The van der Waals surface area contributed by atoms with Crippen LogP contribution in [0.25, 0.3) is 0 Å². The van der Waals surface area contributed by atoms with E-state index in [1.54, 1.807) is 11.8 Å². The van der Waals surface area contributed by atoms with Crippen LogP contribution in [-0.4, -0.2) is 29.0 Å². The molecule has 1 unspecified atom stereocenters. The zero-order valence-corrected chi connectivity index (χ0v) is 12.6. The van der Waals surface area contributed by atoms with Gasteiger partial charge in [0.2, 0.25) is 0 Å². The van der Waals surface area contributed by atoms with Crippen molar-refractivity contribution in [1.82, 2.24) is 0 Å². The molecular weight excluding hydrogens is 300 g/mol. The zero-order valence-electron chi connectivity index (χ0n) is 11.8. The van der Waals surface area contributed by atoms with Gasteiger partial charge in [0.05, 0.1) is 28.6 Å². The third kappa shape index (κ3) is 2.40. The Morgan fingerprint density at radius 1 is 1.09 bits per heavy atom. The molecule has 0 aliphatic carbocycles. The maximum atomic E-state index is 9.87. The summed E-state index contributed by atoms with van der Waals surface area (Å²) in [6.45, 7) is -0.164. The van der Waals surface area contributed by atoms with Crippen LogP contribution < -0.4 is 4.74 Å². The molecule has 0 radical (unpaired) electrons. The summed E-state index contributed by atoms with van der Waals surface area (Å²) in [5.41, 5.74) is 0.966. The van der Waals surface area contributed by atoms with E-state index >= 15 is 0 Å². The highest BCUT2D eigenvalue weighted by Gasteiger charge is 2.34. The molecule has 0 saturated carbocycles. The zero-order chi connectivity index (χ0) is 15.1. The minimum atomic E-state index is -0.623. The topological polar surface area (TPSA) is 58.9 Å². The second-order valence-corrected chi connectivity index (χ2v) is 6.59. The van der Waals surface area contributed by atoms with Crippen molar-refractivity contribution in [3.8, 4) is 11.5 Å². The maximum Gasteiger partial charge on any atom is 0.141 e. The Morgan fingerprint density at radius 3 is 2.73 bits per heavy atom. The lowest BCUT2D eigenvalue weighted by atomic mass is 10.0. The maximum absolute atomic E-state index is 9.87. The van der Waals surface area contributed by atoms with Crippen LogP contribution in [0.3, 0.4) is 0 Å². The number of aliphatic hydroxyl groups excluding tert-OH is 2. The number of hydrogen-bond acceptors (Lipinski definition) is 5. The minimum Gasteiger partial charge on any atom is -0.455 e. The third-order valence-corrected chi connectivity index (χ3v) is 5.15. The van der Waals surface area contributed by atoms with Crippen LogP contribution in [0.4, 0.5) is 0 Å². The first-order valence-electron chi connectivity index (χ1n) is 7.27. The van der Waals surface area contributed by atoms with Gasteiger partial charge in [-0.1, -0.05) is 30.0 Å². The van der Waals surface area contributed by atoms with E-state index in [9.17, 15) is 10.2 Å². The largest absolute Gasteiger partial charge is 0.455 e. The van der Waals surface area contributed by atoms with Gasteiger partial charge in [-0.3, -0.25) is 0 Å². The van der Waals surface area contributed by atoms with Crippen molar-refractivity contribution in [2.24, 2.45) is 0 Å². The highest BCUT2D eigenvalue weighted by molar-refractivity contribution is 7.99. The molecule has 0 aromatic heterocycles. The summed E-state index contributed by atoms with van der Waals surface area (Å²) in [6.07, 6.45) is -0.837. The lowest BCUT2D eigenvalue weighted by Gasteiger charge is -2.21. The summed E-state index contributed by atoms with van der Waals surface area (Å²) in [7, 11) is 0. The molecule has 2 aliphatic rings. The minimum absolute atomic E-state index is 0.164. The highest BCUT2D eigenvalue weighted by atomic mass is 32.2. The van der Waals surface area contributed by atoms with Crippen molar-refractivity contribution >= 4 is 11.8 Å². The normalized spacial score (nSPS) is 26.2. The van der Waals surface area contributed by atoms with Gasteiger partial charge in [0.1, 0.15) is 17.6 Å². The quantitative estimate of drug-likeness (QED) is 0.761. The van der Waals surface area contributed by atoms with Crippen LogP contribution in [0.1, 0.15) is 18.1 Å². The van der Waals surface area contributed by atoms with Gasteiger partial charge in [0.25, 0.3) is 0 Å². The van der Waals surface area contributed by atoms with Crippen molar-refractivity contribution in [1.29, 1.82) is 0 Å². The Labute approximate surface area is 132 Å². The van der Waals surface area contributed by atoms with E-state index in [0.717, 1.165) is 26.9 Å². The smallest absolute Gasteiger partial charge is 0.141 e. The number of fused-ring (bicyclic) bond motifs is 2. The Balaban J connectivity index is 1.61. The lowest BCUT2D eigenvalue weighted by molar-refractivity contribution is -0.0226. The predicted octanol–water partition coefficient (Wildman–Crippen LogP) is 3.13. The van der Waals surface area contributed by atoms with E-state index in [1.807, 2.05) is 42.5 Å². The van der Waals surface area contributed by atoms with Crippen molar-refractivity contribution < 1.29 is 19.7 Å². The van der Waals surface area contributed by atoms with Crippen molar-refractivity contribution in [3.05, 3.63) is 48.0 Å². The number of aliphatic hydroxyl groups is 2. The van der Waals surface area contributed by atoms with Crippen molar-refractivity contribution in [2.75, 3.05) is 6.61 Å². The standard InChI is InChI=1S/C17H16O4S/c18-9-15-11(19)8-13(21-15)10-5-6-17-14(7-10)20-12-3-1-2-4-16(12)22-17/h1-7,11,13,15,18-19H,8-9H2/t11?,13-,15+/m0/s1. The summed E-state index contributed by atoms with van der Waals surface area (Å²) in [6, 6.07) is 13.9. The average Bonchev–Trinajstić information content (AvgIpc) is 2.93. The van der Waals surface area contributed by atoms with Gasteiger partial charge in [0, 0.05) is 6.42 Å². The molecule has 0 bridgehead atoms. The molecule has 3 atom stereocenters. The first kappa shape index (κ1) is 14.1. The molecule has 0 spiro atoms. The number of para-hydroxylation sites is 1. The van der Waals surface area contributed by atoms with Gasteiger partial charge in [-0.15, -0.1) is 0 Å². The molecule has 4 rings (SSSR count). The fraction of sp³-hybridized carbons (Fsp3) is 0.294. The van der Waals surface area contributed by atoms with Crippen LogP contribution in [0.5, 0.6) is 11.5 Å². The summed E-state index contributed by atoms with van der Waals surface area (Å²) >= 11 is 1.68. The van der Waals surface area contributed by atoms with E-state index < -0.39 is 12.2 Å². The second-order valence-electron chi connectivity index (χ2n) is 5.51. The van der Waals surface area contributed by atoms with E-state index in [-0.39, 0.29) is 12.7 Å². The fourth-order valence-corrected chi connectivity index (χ4v) is 3.78. The molecule has 4 nitrogen and oxygen atoms in total. The Morgan fingerprint density at radius 2 is 1.91 bits per heavy atom. The van der Waals surface area contributed by atoms with Gasteiger partial charge in [-0.05, 0) is 29.8 Å².